The number of carbonyl (C=O) groups excluding carboxylic acids is 3. The lowest BCUT2D eigenvalue weighted by molar-refractivity contribution is -0.139. The molecule has 9 heteroatoms. The molecule has 3 aromatic carbocycles. The molecule has 1 aliphatic rings. The zero-order valence-corrected chi connectivity index (χ0v) is 21.9. The number of carboxylic acids is 1. The van der Waals surface area contributed by atoms with Crippen LogP contribution in [0.3, 0.4) is 0 Å². The van der Waals surface area contributed by atoms with Crippen molar-refractivity contribution in [1.29, 1.82) is 0 Å². The van der Waals surface area contributed by atoms with E-state index in [1.165, 1.54) is 23.9 Å². The summed E-state index contributed by atoms with van der Waals surface area (Å²) in [6.45, 7) is 3.35. The Bertz CT molecular complexity index is 1430. The third-order valence-electron chi connectivity index (χ3n) is 6.37. The van der Waals surface area contributed by atoms with Crippen molar-refractivity contribution in [1.82, 2.24) is 16.0 Å². The van der Waals surface area contributed by atoms with Crippen molar-refractivity contribution >= 4 is 46.2 Å². The number of aliphatic carboxylic acids is 1. The SMILES string of the molecule is Cc1cc(C(=O)N[C@H](C)c2cccc3ccccc23)ccc1C(=O)N[C@@H](CNC(=O)C1=CCCS1)C(=O)O. The van der Waals surface area contributed by atoms with Crippen molar-refractivity contribution < 1.29 is 24.3 Å². The number of aryl methyl sites for hydroxylation is 1. The van der Waals surface area contributed by atoms with E-state index in [4.69, 9.17) is 0 Å². The highest BCUT2D eigenvalue weighted by molar-refractivity contribution is 8.04. The highest BCUT2D eigenvalue weighted by atomic mass is 32.2. The molecule has 4 N–H and O–H groups in total. The van der Waals surface area contributed by atoms with Gasteiger partial charge in [-0.25, -0.2) is 4.79 Å². The molecule has 1 aliphatic heterocycles. The fourth-order valence-corrected chi connectivity index (χ4v) is 5.23. The number of fused-ring (bicyclic) bond motifs is 1. The third-order valence-corrected chi connectivity index (χ3v) is 7.47. The molecule has 2 atom stereocenters. The van der Waals surface area contributed by atoms with Gasteiger partial charge >= 0.3 is 5.97 Å². The number of thioether (sulfide) groups is 1. The summed E-state index contributed by atoms with van der Waals surface area (Å²) in [5.74, 6) is -1.68. The fraction of sp³-hybridized carbons (Fsp3) is 0.241. The number of benzene rings is 3. The van der Waals surface area contributed by atoms with Crippen LogP contribution in [0.25, 0.3) is 10.8 Å². The van der Waals surface area contributed by atoms with E-state index in [9.17, 15) is 24.3 Å². The molecule has 0 bridgehead atoms. The first-order valence-electron chi connectivity index (χ1n) is 12.3. The quantitative estimate of drug-likeness (QED) is 0.331. The maximum atomic E-state index is 13.0. The average Bonchev–Trinajstić information content (AvgIpc) is 3.45. The van der Waals surface area contributed by atoms with Crippen LogP contribution >= 0.6 is 11.8 Å². The van der Waals surface area contributed by atoms with Crippen LogP contribution in [-0.2, 0) is 9.59 Å². The van der Waals surface area contributed by atoms with Gasteiger partial charge in [-0.2, -0.15) is 0 Å². The average molecular weight is 532 g/mol. The summed E-state index contributed by atoms with van der Waals surface area (Å²) in [5.41, 5.74) is 2.15. The zero-order chi connectivity index (χ0) is 27.2. The molecule has 0 saturated carbocycles. The molecule has 1 heterocycles. The van der Waals surface area contributed by atoms with Crippen molar-refractivity contribution in [2.24, 2.45) is 0 Å². The molecular weight excluding hydrogens is 502 g/mol. The maximum absolute atomic E-state index is 13.0. The Hall–Kier alpha value is -4.11. The van der Waals surface area contributed by atoms with Crippen molar-refractivity contribution in [3.05, 3.63) is 93.9 Å². The van der Waals surface area contributed by atoms with Gasteiger partial charge in [0, 0.05) is 23.4 Å². The van der Waals surface area contributed by atoms with E-state index in [1.807, 2.05) is 49.4 Å². The second-order valence-corrected chi connectivity index (χ2v) is 10.2. The summed E-state index contributed by atoms with van der Waals surface area (Å²) < 4.78 is 0. The van der Waals surface area contributed by atoms with Crippen LogP contribution in [0.1, 0.15) is 51.2 Å². The van der Waals surface area contributed by atoms with E-state index in [0.717, 1.165) is 28.5 Å². The monoisotopic (exact) mass is 531 g/mol. The van der Waals surface area contributed by atoms with Crippen LogP contribution in [0.2, 0.25) is 0 Å². The third kappa shape index (κ3) is 6.23. The molecule has 0 spiro atoms. The van der Waals surface area contributed by atoms with Gasteiger partial charge in [-0.3, -0.25) is 14.4 Å². The van der Waals surface area contributed by atoms with Crippen molar-refractivity contribution in [3.63, 3.8) is 0 Å². The smallest absolute Gasteiger partial charge is 0.328 e. The van der Waals surface area contributed by atoms with Gasteiger partial charge in [-0.05, 0) is 60.4 Å². The number of allylic oxidation sites excluding steroid dienone is 1. The Morgan fingerprint density at radius 3 is 2.42 bits per heavy atom. The summed E-state index contributed by atoms with van der Waals surface area (Å²) in [7, 11) is 0. The number of nitrogens with one attached hydrogen (secondary N) is 3. The van der Waals surface area contributed by atoms with Crippen LogP contribution in [0, 0.1) is 6.92 Å². The van der Waals surface area contributed by atoms with Gasteiger partial charge in [0.2, 0.25) is 0 Å². The van der Waals surface area contributed by atoms with Gasteiger partial charge in [0.15, 0.2) is 0 Å². The van der Waals surface area contributed by atoms with E-state index < -0.39 is 17.9 Å². The molecule has 38 heavy (non-hydrogen) atoms. The molecule has 0 radical (unpaired) electrons. The standard InChI is InChI=1S/C29H29N3O5S/c1-17-15-20(26(33)31-18(2)22-10-5-8-19-7-3-4-9-23(19)22)12-13-21(17)27(34)32-24(29(36)37)16-30-28(35)25-11-6-14-38-25/h3-5,7-13,15,18,24H,6,14,16H2,1-2H3,(H,30,35)(H,31,33)(H,32,34)(H,36,37)/t18-,24+/m1/s1. The Labute approximate surface area is 224 Å². The van der Waals surface area contributed by atoms with Crippen LogP contribution in [0.5, 0.6) is 0 Å². The molecule has 4 rings (SSSR count). The van der Waals surface area contributed by atoms with E-state index in [2.05, 4.69) is 16.0 Å². The van der Waals surface area contributed by atoms with Crippen LogP contribution < -0.4 is 16.0 Å². The first-order chi connectivity index (χ1) is 18.2. The molecule has 0 saturated heterocycles. The maximum Gasteiger partial charge on any atom is 0.328 e. The van der Waals surface area contributed by atoms with Crippen molar-refractivity contribution in [2.75, 3.05) is 12.3 Å². The number of hydrogen-bond acceptors (Lipinski definition) is 5. The lowest BCUT2D eigenvalue weighted by Crippen LogP contribution is -2.48. The predicted octanol–water partition coefficient (Wildman–Crippen LogP) is 3.96. The Morgan fingerprint density at radius 2 is 1.71 bits per heavy atom. The van der Waals surface area contributed by atoms with Gasteiger partial charge in [-0.15, -0.1) is 11.8 Å². The Kier molecular flexibility index (Phi) is 8.48. The minimum absolute atomic E-state index is 0.246. The largest absolute Gasteiger partial charge is 0.480 e. The molecule has 8 nitrogen and oxygen atoms in total. The van der Waals surface area contributed by atoms with Gasteiger partial charge in [0.25, 0.3) is 17.7 Å². The van der Waals surface area contributed by atoms with Crippen LogP contribution in [0.4, 0.5) is 0 Å². The molecule has 0 aromatic heterocycles. The molecule has 3 aromatic rings. The number of carboxylic acid groups (broad SMARTS) is 1. The number of carbonyl (C=O) groups is 4. The van der Waals surface area contributed by atoms with Gasteiger partial charge in [0.1, 0.15) is 6.04 Å². The molecule has 0 aliphatic carbocycles. The number of hydrogen-bond donors (Lipinski definition) is 4. The molecule has 3 amide bonds. The summed E-state index contributed by atoms with van der Waals surface area (Å²) in [6, 6.07) is 17.0. The fourth-order valence-electron chi connectivity index (χ4n) is 4.34. The normalized spacial score (nSPS) is 14.3. The highest BCUT2D eigenvalue weighted by Crippen LogP contribution is 2.25. The summed E-state index contributed by atoms with van der Waals surface area (Å²) in [4.78, 5) is 50.3. The van der Waals surface area contributed by atoms with Crippen molar-refractivity contribution in [3.8, 4) is 0 Å². The lowest BCUT2D eigenvalue weighted by Gasteiger charge is -2.18. The minimum atomic E-state index is -1.30. The summed E-state index contributed by atoms with van der Waals surface area (Å²) in [6.07, 6.45) is 2.60. The van der Waals surface area contributed by atoms with Gasteiger partial charge < -0.3 is 21.1 Å². The first kappa shape index (κ1) is 26.9. The van der Waals surface area contributed by atoms with Crippen LogP contribution in [-0.4, -0.2) is 47.1 Å². The summed E-state index contributed by atoms with van der Waals surface area (Å²) >= 11 is 1.41. The Balaban J connectivity index is 1.40. The molecule has 0 fully saturated rings. The minimum Gasteiger partial charge on any atom is -0.480 e. The molecule has 0 unspecified atom stereocenters. The van der Waals surface area contributed by atoms with Crippen molar-refractivity contribution in [2.45, 2.75) is 32.4 Å². The second kappa shape index (κ2) is 12.0. The van der Waals surface area contributed by atoms with E-state index in [1.54, 1.807) is 19.1 Å². The Morgan fingerprint density at radius 1 is 0.947 bits per heavy atom. The summed E-state index contributed by atoms with van der Waals surface area (Å²) in [5, 5.41) is 19.7. The second-order valence-electron chi connectivity index (χ2n) is 9.07. The van der Waals surface area contributed by atoms with Gasteiger partial charge in [0.05, 0.1) is 10.9 Å². The van der Waals surface area contributed by atoms with Crippen LogP contribution in [0.15, 0.2) is 71.6 Å². The topological polar surface area (TPSA) is 125 Å². The number of rotatable bonds is 9. The van der Waals surface area contributed by atoms with Gasteiger partial charge in [-0.1, -0.05) is 48.5 Å². The zero-order valence-electron chi connectivity index (χ0n) is 21.1. The predicted molar refractivity (Wildman–Crippen MR) is 148 cm³/mol. The van der Waals surface area contributed by atoms with E-state index >= 15 is 0 Å². The molecular formula is C29H29N3O5S. The molecule has 196 valence electrons. The highest BCUT2D eigenvalue weighted by Gasteiger charge is 2.24. The van der Waals surface area contributed by atoms with E-state index in [-0.39, 0.29) is 30.0 Å². The lowest BCUT2D eigenvalue weighted by atomic mass is 9.99. The van der Waals surface area contributed by atoms with E-state index in [0.29, 0.717) is 16.0 Å². The number of amides is 3. The first-order valence-corrected chi connectivity index (χ1v) is 13.3.